The van der Waals surface area contributed by atoms with Crippen molar-refractivity contribution in [1.29, 1.82) is 0 Å². The molecule has 1 fully saturated rings. The molecule has 2 aliphatic rings. The van der Waals surface area contributed by atoms with E-state index in [0.29, 0.717) is 0 Å². The minimum absolute atomic E-state index is 0.277. The number of urea groups is 1. The second-order valence-corrected chi connectivity index (χ2v) is 4.87. The third-order valence-electron chi connectivity index (χ3n) is 3.72. The first kappa shape index (κ1) is 10.3. The molecular formula is C13H14N2O2. The Kier molecular flexibility index (Phi) is 2.02. The van der Waals surface area contributed by atoms with E-state index in [-0.39, 0.29) is 5.91 Å². The Bertz CT molecular complexity index is 524. The summed E-state index contributed by atoms with van der Waals surface area (Å²) in [5, 5.41) is 4.97. The van der Waals surface area contributed by atoms with E-state index in [2.05, 4.69) is 16.7 Å². The number of hydrogen-bond acceptors (Lipinski definition) is 2. The minimum Gasteiger partial charge on any atom is -0.320 e. The van der Waals surface area contributed by atoms with Crippen LogP contribution in [0, 0.1) is 0 Å². The SMILES string of the molecule is C[C@]1(c2ccc3c(c2)CCC3)NC(=O)NC1=O. The van der Waals surface area contributed by atoms with Gasteiger partial charge < -0.3 is 5.32 Å². The maximum absolute atomic E-state index is 11.8. The molecule has 2 N–H and O–H groups in total. The molecule has 1 saturated heterocycles. The lowest BCUT2D eigenvalue weighted by molar-refractivity contribution is -0.123. The Morgan fingerprint density at radius 1 is 1.18 bits per heavy atom. The van der Waals surface area contributed by atoms with Crippen LogP contribution in [0.15, 0.2) is 18.2 Å². The third kappa shape index (κ3) is 1.44. The molecule has 1 aliphatic heterocycles. The molecule has 4 heteroatoms. The summed E-state index contributed by atoms with van der Waals surface area (Å²) < 4.78 is 0. The molecule has 1 aromatic carbocycles. The van der Waals surface area contributed by atoms with Gasteiger partial charge in [0.05, 0.1) is 0 Å². The normalized spacial score (nSPS) is 26.6. The van der Waals surface area contributed by atoms with Crippen molar-refractivity contribution >= 4 is 11.9 Å². The number of benzene rings is 1. The topological polar surface area (TPSA) is 58.2 Å². The Morgan fingerprint density at radius 2 is 1.94 bits per heavy atom. The summed E-state index contributed by atoms with van der Waals surface area (Å²) in [4.78, 5) is 23.0. The number of rotatable bonds is 1. The van der Waals surface area contributed by atoms with Crippen molar-refractivity contribution in [1.82, 2.24) is 10.6 Å². The summed E-state index contributed by atoms with van der Waals surface area (Å²) in [5.41, 5.74) is 2.61. The Labute approximate surface area is 99.4 Å². The number of imide groups is 1. The van der Waals surface area contributed by atoms with Gasteiger partial charge in [-0.1, -0.05) is 18.2 Å². The predicted octanol–water partition coefficient (Wildman–Crippen LogP) is 1.23. The molecule has 0 aromatic heterocycles. The lowest BCUT2D eigenvalue weighted by Gasteiger charge is -2.21. The number of nitrogens with one attached hydrogen (secondary N) is 2. The molecule has 1 atom stereocenters. The molecule has 0 saturated carbocycles. The number of hydrogen-bond donors (Lipinski definition) is 2. The van der Waals surface area contributed by atoms with E-state index >= 15 is 0 Å². The van der Waals surface area contributed by atoms with E-state index in [1.165, 1.54) is 17.5 Å². The van der Waals surface area contributed by atoms with Crippen molar-refractivity contribution in [2.75, 3.05) is 0 Å². The molecule has 0 spiro atoms. The van der Waals surface area contributed by atoms with Gasteiger partial charge in [-0.25, -0.2) is 4.79 Å². The van der Waals surface area contributed by atoms with Gasteiger partial charge >= 0.3 is 6.03 Å². The highest BCUT2D eigenvalue weighted by Gasteiger charge is 2.43. The number of fused-ring (bicyclic) bond motifs is 1. The minimum atomic E-state index is -0.922. The smallest absolute Gasteiger partial charge is 0.320 e. The fraction of sp³-hybridized carbons (Fsp3) is 0.385. The van der Waals surface area contributed by atoms with Gasteiger partial charge in [0.2, 0.25) is 0 Å². The van der Waals surface area contributed by atoms with Gasteiger partial charge in [-0.15, -0.1) is 0 Å². The molecule has 17 heavy (non-hydrogen) atoms. The number of aryl methyl sites for hydroxylation is 2. The average molecular weight is 230 g/mol. The summed E-state index contributed by atoms with van der Waals surface area (Å²) >= 11 is 0. The van der Waals surface area contributed by atoms with Gasteiger partial charge in [0.15, 0.2) is 0 Å². The fourth-order valence-corrected chi connectivity index (χ4v) is 2.63. The van der Waals surface area contributed by atoms with Crippen molar-refractivity contribution in [2.24, 2.45) is 0 Å². The molecule has 0 bridgehead atoms. The van der Waals surface area contributed by atoms with Crippen LogP contribution in [0.4, 0.5) is 4.79 Å². The van der Waals surface area contributed by atoms with Crippen molar-refractivity contribution in [3.63, 3.8) is 0 Å². The molecule has 4 nitrogen and oxygen atoms in total. The van der Waals surface area contributed by atoms with Crippen LogP contribution in [0.3, 0.4) is 0 Å². The molecule has 1 aliphatic carbocycles. The van der Waals surface area contributed by atoms with Crippen LogP contribution in [0.2, 0.25) is 0 Å². The quantitative estimate of drug-likeness (QED) is 0.713. The zero-order valence-corrected chi connectivity index (χ0v) is 9.67. The first-order chi connectivity index (χ1) is 8.09. The number of carbonyl (C=O) groups excluding carboxylic acids is 2. The zero-order valence-electron chi connectivity index (χ0n) is 9.67. The summed E-state index contributed by atoms with van der Waals surface area (Å²) in [5.74, 6) is -0.277. The average Bonchev–Trinajstić information content (AvgIpc) is 2.83. The first-order valence-electron chi connectivity index (χ1n) is 5.85. The second kappa shape index (κ2) is 3.32. The summed E-state index contributed by atoms with van der Waals surface area (Å²) in [6.07, 6.45) is 3.35. The van der Waals surface area contributed by atoms with Crippen LogP contribution in [0.25, 0.3) is 0 Å². The Balaban J connectivity index is 2.04. The van der Waals surface area contributed by atoms with Crippen molar-refractivity contribution in [3.05, 3.63) is 34.9 Å². The summed E-state index contributed by atoms with van der Waals surface area (Å²) in [6.45, 7) is 1.74. The highest BCUT2D eigenvalue weighted by Crippen LogP contribution is 2.29. The predicted molar refractivity (Wildman–Crippen MR) is 62.5 cm³/mol. The molecule has 0 radical (unpaired) electrons. The van der Waals surface area contributed by atoms with Gasteiger partial charge in [-0.05, 0) is 42.9 Å². The Hall–Kier alpha value is -1.84. The monoisotopic (exact) mass is 230 g/mol. The van der Waals surface area contributed by atoms with Crippen LogP contribution < -0.4 is 10.6 Å². The van der Waals surface area contributed by atoms with Gasteiger partial charge in [0.25, 0.3) is 5.91 Å². The van der Waals surface area contributed by atoms with E-state index in [1.54, 1.807) is 6.92 Å². The zero-order chi connectivity index (χ0) is 12.0. The summed E-state index contributed by atoms with van der Waals surface area (Å²) in [7, 11) is 0. The van der Waals surface area contributed by atoms with E-state index in [9.17, 15) is 9.59 Å². The van der Waals surface area contributed by atoms with Gasteiger partial charge in [0, 0.05) is 0 Å². The lowest BCUT2D eigenvalue weighted by Crippen LogP contribution is -2.40. The van der Waals surface area contributed by atoms with Gasteiger partial charge in [-0.3, -0.25) is 10.1 Å². The highest BCUT2D eigenvalue weighted by atomic mass is 16.2. The van der Waals surface area contributed by atoms with Gasteiger partial charge in [-0.2, -0.15) is 0 Å². The van der Waals surface area contributed by atoms with E-state index in [1.807, 2.05) is 12.1 Å². The standard InChI is InChI=1S/C13H14N2O2/c1-13(11(16)14-12(17)15-13)10-6-5-8-3-2-4-9(8)7-10/h5-7H,2-4H2,1H3,(H2,14,15,16,17)/t13-/m1/s1. The van der Waals surface area contributed by atoms with E-state index in [0.717, 1.165) is 18.4 Å². The number of carbonyl (C=O) groups is 2. The van der Waals surface area contributed by atoms with Crippen LogP contribution in [0.5, 0.6) is 0 Å². The van der Waals surface area contributed by atoms with Crippen molar-refractivity contribution in [3.8, 4) is 0 Å². The highest BCUT2D eigenvalue weighted by molar-refractivity contribution is 6.07. The molecule has 3 rings (SSSR count). The van der Waals surface area contributed by atoms with Crippen LogP contribution >= 0.6 is 0 Å². The van der Waals surface area contributed by atoms with E-state index in [4.69, 9.17) is 0 Å². The van der Waals surface area contributed by atoms with Crippen LogP contribution in [-0.4, -0.2) is 11.9 Å². The molecule has 0 unspecified atom stereocenters. The molecular weight excluding hydrogens is 216 g/mol. The van der Waals surface area contributed by atoms with Crippen molar-refractivity contribution < 1.29 is 9.59 Å². The van der Waals surface area contributed by atoms with Gasteiger partial charge in [0.1, 0.15) is 5.54 Å². The third-order valence-corrected chi connectivity index (χ3v) is 3.72. The first-order valence-corrected chi connectivity index (χ1v) is 5.85. The van der Waals surface area contributed by atoms with Crippen molar-refractivity contribution in [2.45, 2.75) is 31.7 Å². The maximum atomic E-state index is 11.8. The number of amides is 3. The molecule has 3 amide bonds. The van der Waals surface area contributed by atoms with Crippen LogP contribution in [-0.2, 0) is 23.2 Å². The lowest BCUT2D eigenvalue weighted by atomic mass is 9.90. The molecule has 1 aromatic rings. The second-order valence-electron chi connectivity index (χ2n) is 4.87. The maximum Gasteiger partial charge on any atom is 0.322 e. The summed E-state index contributed by atoms with van der Waals surface area (Å²) in [6, 6.07) is 5.64. The van der Waals surface area contributed by atoms with Crippen LogP contribution in [0.1, 0.15) is 30.0 Å². The molecule has 88 valence electrons. The molecule has 1 heterocycles. The fourth-order valence-electron chi connectivity index (χ4n) is 2.63. The largest absolute Gasteiger partial charge is 0.322 e. The Morgan fingerprint density at radius 3 is 2.65 bits per heavy atom. The van der Waals surface area contributed by atoms with E-state index < -0.39 is 11.6 Å².